The number of carbonyl (C=O) groups excluding carboxylic acids is 1. The Morgan fingerprint density at radius 3 is 2.30 bits per heavy atom. The number of benzene rings is 1. The van der Waals surface area contributed by atoms with E-state index in [4.69, 9.17) is 4.74 Å². The van der Waals surface area contributed by atoms with Crippen LogP contribution in [0.2, 0.25) is 0 Å². The highest BCUT2D eigenvalue weighted by atomic mass is 16.6. The van der Waals surface area contributed by atoms with Crippen molar-refractivity contribution < 1.29 is 14.6 Å². The molecule has 128 valence electrons. The van der Waals surface area contributed by atoms with E-state index in [0.29, 0.717) is 18.8 Å². The fourth-order valence-corrected chi connectivity index (χ4v) is 2.07. The van der Waals surface area contributed by atoms with E-state index in [-0.39, 0.29) is 0 Å². The molecule has 0 aliphatic heterocycles. The lowest BCUT2D eigenvalue weighted by Crippen LogP contribution is -2.32. The molecule has 0 saturated carbocycles. The lowest BCUT2D eigenvalue weighted by Gasteiger charge is -2.19. The van der Waals surface area contributed by atoms with Crippen molar-refractivity contribution in [3.05, 3.63) is 41.0 Å². The Labute approximate surface area is 138 Å². The van der Waals surface area contributed by atoms with Crippen LogP contribution in [0, 0.1) is 13.8 Å². The number of carbonyl (C=O) groups is 1. The van der Waals surface area contributed by atoms with E-state index in [1.54, 1.807) is 0 Å². The number of aromatic hydroxyl groups is 1. The van der Waals surface area contributed by atoms with Crippen LogP contribution < -0.4 is 10.6 Å². The molecule has 1 amide bonds. The van der Waals surface area contributed by atoms with Crippen LogP contribution in [0.4, 0.5) is 4.79 Å². The van der Waals surface area contributed by atoms with E-state index >= 15 is 0 Å². The van der Waals surface area contributed by atoms with Crippen molar-refractivity contribution in [1.29, 1.82) is 0 Å². The molecule has 0 aliphatic carbocycles. The molecule has 0 radical (unpaired) electrons. The van der Waals surface area contributed by atoms with Gasteiger partial charge in [-0.3, -0.25) is 0 Å². The van der Waals surface area contributed by atoms with Crippen LogP contribution in [0.1, 0.15) is 37.5 Å². The average Bonchev–Trinajstić information content (AvgIpc) is 2.41. The number of alkyl carbamates (subject to hydrolysis) is 1. The Bertz CT molecular complexity index is 537. The predicted octanol–water partition coefficient (Wildman–Crippen LogP) is 3.18. The van der Waals surface area contributed by atoms with Crippen molar-refractivity contribution >= 4 is 6.09 Å². The maximum Gasteiger partial charge on any atom is 0.407 e. The number of phenolic OH excluding ortho intramolecular Hbond substituents is 1. The summed E-state index contributed by atoms with van der Waals surface area (Å²) in [5.41, 5.74) is 2.44. The average molecular weight is 320 g/mol. The van der Waals surface area contributed by atoms with E-state index < -0.39 is 11.7 Å². The van der Waals surface area contributed by atoms with E-state index in [1.165, 1.54) is 0 Å². The van der Waals surface area contributed by atoms with Crippen molar-refractivity contribution in [1.82, 2.24) is 10.6 Å². The summed E-state index contributed by atoms with van der Waals surface area (Å²) in [5, 5.41) is 15.7. The molecule has 0 bridgehead atoms. The second-order valence-corrected chi connectivity index (χ2v) is 6.56. The third-order valence-corrected chi connectivity index (χ3v) is 3.07. The molecule has 1 aromatic carbocycles. The largest absolute Gasteiger partial charge is 0.507 e. The standard InChI is InChI=1S/C18H28N2O3/c1-13-10-15(11-14(2)16(13)21)12-19-8-6-7-9-20-17(22)23-18(3,4)5/h6-7,10-11,19,21H,8-9,12H2,1-5H3,(H,20,22)/b7-6+. The zero-order valence-corrected chi connectivity index (χ0v) is 14.7. The molecule has 5 nitrogen and oxygen atoms in total. The van der Waals surface area contributed by atoms with Gasteiger partial charge in [0.05, 0.1) is 0 Å². The van der Waals surface area contributed by atoms with Gasteiger partial charge in [-0.05, 0) is 51.3 Å². The molecule has 0 unspecified atom stereocenters. The van der Waals surface area contributed by atoms with Gasteiger partial charge in [0.1, 0.15) is 11.4 Å². The van der Waals surface area contributed by atoms with Gasteiger partial charge in [0.15, 0.2) is 0 Å². The highest BCUT2D eigenvalue weighted by Gasteiger charge is 2.14. The maximum atomic E-state index is 11.4. The highest BCUT2D eigenvalue weighted by Crippen LogP contribution is 2.22. The molecular weight excluding hydrogens is 292 g/mol. The molecule has 0 atom stereocenters. The summed E-state index contributed by atoms with van der Waals surface area (Å²) in [5.74, 6) is 0.363. The van der Waals surface area contributed by atoms with Crippen LogP contribution in [0.3, 0.4) is 0 Å². The summed E-state index contributed by atoms with van der Waals surface area (Å²) in [6.07, 6.45) is 3.42. The Balaban J connectivity index is 2.24. The van der Waals surface area contributed by atoms with Crippen molar-refractivity contribution in [3.63, 3.8) is 0 Å². The molecule has 5 heteroatoms. The number of phenols is 1. The van der Waals surface area contributed by atoms with Crippen LogP contribution in [-0.2, 0) is 11.3 Å². The fourth-order valence-electron chi connectivity index (χ4n) is 2.07. The summed E-state index contributed by atoms with van der Waals surface area (Å²) < 4.78 is 5.14. The Hall–Kier alpha value is -2.01. The van der Waals surface area contributed by atoms with E-state index in [2.05, 4.69) is 10.6 Å². The summed E-state index contributed by atoms with van der Waals surface area (Å²) in [7, 11) is 0. The molecule has 0 heterocycles. The van der Waals surface area contributed by atoms with E-state index in [0.717, 1.165) is 23.2 Å². The smallest absolute Gasteiger partial charge is 0.407 e. The molecule has 1 aromatic rings. The van der Waals surface area contributed by atoms with Gasteiger partial charge in [0.25, 0.3) is 0 Å². The third kappa shape index (κ3) is 7.70. The van der Waals surface area contributed by atoms with Crippen molar-refractivity contribution in [2.75, 3.05) is 13.1 Å². The predicted molar refractivity (Wildman–Crippen MR) is 92.7 cm³/mol. The molecule has 0 aromatic heterocycles. The first kappa shape index (κ1) is 19.0. The van der Waals surface area contributed by atoms with Crippen LogP contribution in [-0.4, -0.2) is 29.9 Å². The number of amides is 1. The first-order valence-electron chi connectivity index (χ1n) is 7.80. The molecule has 0 fully saturated rings. The van der Waals surface area contributed by atoms with Crippen LogP contribution in [0.25, 0.3) is 0 Å². The summed E-state index contributed by atoms with van der Waals surface area (Å²) in [4.78, 5) is 11.4. The Kier molecular flexibility index (Phi) is 7.10. The molecule has 0 spiro atoms. The summed E-state index contributed by atoms with van der Waals surface area (Å²) in [6.45, 7) is 11.2. The molecule has 3 N–H and O–H groups in total. The normalized spacial score (nSPS) is 11.7. The lowest BCUT2D eigenvalue weighted by atomic mass is 10.1. The third-order valence-electron chi connectivity index (χ3n) is 3.07. The van der Waals surface area contributed by atoms with Gasteiger partial charge in [-0.15, -0.1) is 0 Å². The minimum absolute atomic E-state index is 0.363. The maximum absolute atomic E-state index is 11.4. The van der Waals surface area contributed by atoms with Gasteiger partial charge in [-0.2, -0.15) is 0 Å². The second-order valence-electron chi connectivity index (χ2n) is 6.56. The van der Waals surface area contributed by atoms with Crippen molar-refractivity contribution in [3.8, 4) is 5.75 Å². The molecule has 23 heavy (non-hydrogen) atoms. The SMILES string of the molecule is Cc1cc(CNC/C=C/CNC(=O)OC(C)(C)C)cc(C)c1O. The molecule has 0 saturated heterocycles. The van der Waals surface area contributed by atoms with E-state index in [1.807, 2.05) is 58.9 Å². The highest BCUT2D eigenvalue weighted by molar-refractivity contribution is 5.67. The van der Waals surface area contributed by atoms with Crippen LogP contribution >= 0.6 is 0 Å². The van der Waals surface area contributed by atoms with Gasteiger partial charge in [0.2, 0.25) is 0 Å². The van der Waals surface area contributed by atoms with Gasteiger partial charge < -0.3 is 20.5 Å². The van der Waals surface area contributed by atoms with Crippen LogP contribution in [0.5, 0.6) is 5.75 Å². The fraction of sp³-hybridized carbons (Fsp3) is 0.500. The van der Waals surface area contributed by atoms with Crippen molar-refractivity contribution in [2.24, 2.45) is 0 Å². The minimum atomic E-state index is -0.476. The van der Waals surface area contributed by atoms with Crippen LogP contribution in [0.15, 0.2) is 24.3 Å². The van der Waals surface area contributed by atoms with Gasteiger partial charge >= 0.3 is 6.09 Å². The Morgan fingerprint density at radius 1 is 1.17 bits per heavy atom. The number of ether oxygens (including phenoxy) is 1. The number of aryl methyl sites for hydroxylation is 2. The molecule has 0 aliphatic rings. The minimum Gasteiger partial charge on any atom is -0.507 e. The zero-order chi connectivity index (χ0) is 17.5. The number of hydrogen-bond donors (Lipinski definition) is 3. The molecular formula is C18H28N2O3. The monoisotopic (exact) mass is 320 g/mol. The Morgan fingerprint density at radius 2 is 1.74 bits per heavy atom. The number of nitrogens with one attached hydrogen (secondary N) is 2. The zero-order valence-electron chi connectivity index (χ0n) is 14.7. The van der Waals surface area contributed by atoms with Gasteiger partial charge in [0, 0.05) is 19.6 Å². The van der Waals surface area contributed by atoms with E-state index in [9.17, 15) is 9.90 Å². The van der Waals surface area contributed by atoms with Gasteiger partial charge in [-0.25, -0.2) is 4.79 Å². The lowest BCUT2D eigenvalue weighted by molar-refractivity contribution is 0.0534. The molecule has 1 rings (SSSR count). The van der Waals surface area contributed by atoms with Crippen molar-refractivity contribution in [2.45, 2.75) is 46.8 Å². The number of rotatable bonds is 6. The second kappa shape index (κ2) is 8.58. The first-order valence-corrected chi connectivity index (χ1v) is 7.80. The summed E-state index contributed by atoms with van der Waals surface area (Å²) in [6, 6.07) is 3.95. The van der Waals surface area contributed by atoms with Gasteiger partial charge in [-0.1, -0.05) is 24.3 Å². The first-order chi connectivity index (χ1) is 10.7. The topological polar surface area (TPSA) is 70.6 Å². The number of hydrogen-bond acceptors (Lipinski definition) is 4. The quantitative estimate of drug-likeness (QED) is 0.556. The summed E-state index contributed by atoms with van der Waals surface area (Å²) >= 11 is 0.